The number of anilines is 1. The minimum atomic E-state index is -4.39. The van der Waals surface area contributed by atoms with Crippen molar-refractivity contribution < 1.29 is 22.7 Å². The molecule has 1 atom stereocenters. The van der Waals surface area contributed by atoms with Gasteiger partial charge in [-0.2, -0.15) is 13.2 Å². The van der Waals surface area contributed by atoms with Crippen molar-refractivity contribution in [3.05, 3.63) is 59.5 Å². The molecule has 0 amide bonds. The Bertz CT molecular complexity index is 711. The molecule has 1 aromatic carbocycles. The number of alkyl halides is 3. The quantitative estimate of drug-likeness (QED) is 0.841. The van der Waals surface area contributed by atoms with Gasteiger partial charge in [0.05, 0.1) is 11.7 Å². The lowest BCUT2D eigenvalue weighted by Crippen LogP contribution is -2.47. The summed E-state index contributed by atoms with van der Waals surface area (Å²) in [6.07, 6.45) is -4.26. The highest BCUT2D eigenvalue weighted by molar-refractivity contribution is 5.40. The van der Waals surface area contributed by atoms with Crippen LogP contribution in [0, 0.1) is 5.82 Å². The van der Waals surface area contributed by atoms with Crippen LogP contribution in [0.2, 0.25) is 0 Å². The van der Waals surface area contributed by atoms with Crippen LogP contribution < -0.4 is 4.90 Å². The first-order valence-electron chi connectivity index (χ1n) is 8.27. The van der Waals surface area contributed by atoms with Crippen LogP contribution in [0.4, 0.5) is 23.4 Å². The molecule has 0 spiro atoms. The van der Waals surface area contributed by atoms with Crippen molar-refractivity contribution in [3.8, 4) is 0 Å². The molecule has 4 nitrogen and oxygen atoms in total. The lowest BCUT2D eigenvalue weighted by Gasteiger charge is -2.36. The topological polar surface area (TPSA) is 39.6 Å². The van der Waals surface area contributed by atoms with E-state index in [4.69, 9.17) is 0 Å². The average molecular weight is 369 g/mol. The lowest BCUT2D eigenvalue weighted by molar-refractivity contribution is -0.137. The van der Waals surface area contributed by atoms with Gasteiger partial charge in [0, 0.05) is 38.9 Å². The number of nitrogens with zero attached hydrogens (tertiary/aromatic N) is 3. The van der Waals surface area contributed by atoms with Gasteiger partial charge in [0.25, 0.3) is 0 Å². The number of rotatable bonds is 4. The third-order valence-corrected chi connectivity index (χ3v) is 4.46. The van der Waals surface area contributed by atoms with Gasteiger partial charge in [-0.15, -0.1) is 0 Å². The van der Waals surface area contributed by atoms with E-state index in [9.17, 15) is 22.7 Å². The number of benzene rings is 1. The Morgan fingerprint density at radius 2 is 1.65 bits per heavy atom. The molecule has 1 aromatic heterocycles. The van der Waals surface area contributed by atoms with Gasteiger partial charge in [-0.25, -0.2) is 9.37 Å². The van der Waals surface area contributed by atoms with Crippen LogP contribution in [0.1, 0.15) is 17.2 Å². The maximum atomic E-state index is 12.9. The van der Waals surface area contributed by atoms with Gasteiger partial charge in [0.2, 0.25) is 0 Å². The van der Waals surface area contributed by atoms with E-state index >= 15 is 0 Å². The zero-order valence-electron chi connectivity index (χ0n) is 14.0. The minimum Gasteiger partial charge on any atom is -0.387 e. The van der Waals surface area contributed by atoms with Crippen molar-refractivity contribution in [1.29, 1.82) is 0 Å². The lowest BCUT2D eigenvalue weighted by atomic mass is 10.1. The Morgan fingerprint density at radius 3 is 2.19 bits per heavy atom. The summed E-state index contributed by atoms with van der Waals surface area (Å²) in [4.78, 5) is 7.89. The zero-order chi connectivity index (χ0) is 18.7. The Labute approximate surface area is 148 Å². The molecule has 0 saturated carbocycles. The van der Waals surface area contributed by atoms with E-state index in [0.29, 0.717) is 44.1 Å². The Morgan fingerprint density at radius 1 is 1.00 bits per heavy atom. The fourth-order valence-electron chi connectivity index (χ4n) is 2.94. The van der Waals surface area contributed by atoms with Crippen molar-refractivity contribution in [2.75, 3.05) is 37.6 Å². The molecule has 140 valence electrons. The van der Waals surface area contributed by atoms with Gasteiger partial charge >= 0.3 is 6.18 Å². The molecule has 0 aliphatic carbocycles. The van der Waals surface area contributed by atoms with Crippen LogP contribution >= 0.6 is 0 Å². The van der Waals surface area contributed by atoms with Crippen molar-refractivity contribution in [2.45, 2.75) is 12.3 Å². The number of aliphatic hydroxyl groups is 1. The second-order valence-corrected chi connectivity index (χ2v) is 6.26. The molecule has 1 aliphatic heterocycles. The van der Waals surface area contributed by atoms with Gasteiger partial charge in [0.15, 0.2) is 0 Å². The number of pyridine rings is 1. The fraction of sp³-hybridized carbons (Fsp3) is 0.389. The van der Waals surface area contributed by atoms with E-state index < -0.39 is 17.8 Å². The summed E-state index contributed by atoms with van der Waals surface area (Å²) in [6, 6.07) is 8.16. The summed E-state index contributed by atoms with van der Waals surface area (Å²) in [7, 11) is 0. The van der Waals surface area contributed by atoms with E-state index in [1.54, 1.807) is 12.1 Å². The predicted molar refractivity (Wildman–Crippen MR) is 89.3 cm³/mol. The van der Waals surface area contributed by atoms with Crippen LogP contribution in [0.15, 0.2) is 42.6 Å². The molecule has 1 aliphatic rings. The Kier molecular flexibility index (Phi) is 5.43. The highest BCUT2D eigenvalue weighted by atomic mass is 19.4. The number of halogens is 4. The van der Waals surface area contributed by atoms with E-state index in [1.807, 2.05) is 4.90 Å². The molecule has 26 heavy (non-hydrogen) atoms. The molecule has 1 saturated heterocycles. The zero-order valence-corrected chi connectivity index (χ0v) is 14.0. The van der Waals surface area contributed by atoms with Gasteiger partial charge in [0.1, 0.15) is 11.6 Å². The van der Waals surface area contributed by atoms with E-state index in [0.717, 1.165) is 12.3 Å². The van der Waals surface area contributed by atoms with Crippen LogP contribution in [0.25, 0.3) is 0 Å². The van der Waals surface area contributed by atoms with Gasteiger partial charge in [-0.1, -0.05) is 12.1 Å². The molecular weight excluding hydrogens is 350 g/mol. The maximum Gasteiger partial charge on any atom is 0.417 e. The summed E-state index contributed by atoms with van der Waals surface area (Å²) in [5.41, 5.74) is -0.111. The summed E-state index contributed by atoms with van der Waals surface area (Å²) in [6.45, 7) is 2.94. The number of aromatic nitrogens is 1. The Hall–Kier alpha value is -2.19. The van der Waals surface area contributed by atoms with Gasteiger partial charge in [-0.05, 0) is 29.8 Å². The first-order valence-corrected chi connectivity index (χ1v) is 8.27. The molecule has 0 unspecified atom stereocenters. The monoisotopic (exact) mass is 369 g/mol. The van der Waals surface area contributed by atoms with Crippen LogP contribution in [0.5, 0.6) is 0 Å². The second-order valence-electron chi connectivity index (χ2n) is 6.26. The van der Waals surface area contributed by atoms with Crippen LogP contribution in [-0.2, 0) is 6.18 Å². The SMILES string of the molecule is O[C@@H](CN1CCN(c2ccc(C(F)(F)F)cn2)CC1)c1ccc(F)cc1. The van der Waals surface area contributed by atoms with E-state index in [1.165, 1.54) is 18.2 Å². The highest BCUT2D eigenvalue weighted by Gasteiger charge is 2.31. The molecule has 8 heteroatoms. The molecule has 0 bridgehead atoms. The molecule has 0 radical (unpaired) electrons. The maximum absolute atomic E-state index is 12.9. The number of hydrogen-bond acceptors (Lipinski definition) is 4. The number of aliphatic hydroxyl groups excluding tert-OH is 1. The number of β-amino-alcohol motifs (C(OH)–C–C–N with tert-alkyl or cyclic N) is 1. The molecule has 1 N–H and O–H groups in total. The van der Waals surface area contributed by atoms with Crippen molar-refractivity contribution in [2.24, 2.45) is 0 Å². The van der Waals surface area contributed by atoms with Crippen LogP contribution in [0.3, 0.4) is 0 Å². The predicted octanol–water partition coefficient (Wildman–Crippen LogP) is 3.10. The first-order chi connectivity index (χ1) is 12.3. The number of piperazine rings is 1. The normalized spacial score (nSPS) is 17.3. The van der Waals surface area contributed by atoms with Crippen molar-refractivity contribution in [1.82, 2.24) is 9.88 Å². The van der Waals surface area contributed by atoms with Crippen molar-refractivity contribution >= 4 is 5.82 Å². The summed E-state index contributed by atoms with van der Waals surface area (Å²) in [5.74, 6) is 0.162. The average Bonchev–Trinajstić information content (AvgIpc) is 2.62. The largest absolute Gasteiger partial charge is 0.417 e. The molecule has 1 fully saturated rings. The summed E-state index contributed by atoms with van der Waals surface area (Å²) < 4.78 is 50.7. The molecule has 2 heterocycles. The van der Waals surface area contributed by atoms with Crippen molar-refractivity contribution in [3.63, 3.8) is 0 Å². The standard InChI is InChI=1S/C18H19F4N3O/c19-15-4-1-13(2-5-15)16(26)12-24-7-9-25(10-8-24)17-6-3-14(11-23-17)18(20,21)22/h1-6,11,16,26H,7-10,12H2/t16-/m0/s1. The van der Waals surface area contributed by atoms with Crippen LogP contribution in [-0.4, -0.2) is 47.7 Å². The number of hydrogen-bond donors (Lipinski definition) is 1. The first kappa shape index (κ1) is 18.6. The molecular formula is C18H19F4N3O. The molecule has 2 aromatic rings. The highest BCUT2D eigenvalue weighted by Crippen LogP contribution is 2.29. The third-order valence-electron chi connectivity index (χ3n) is 4.46. The van der Waals surface area contributed by atoms with Gasteiger partial charge in [-0.3, -0.25) is 4.90 Å². The van der Waals surface area contributed by atoms with Gasteiger partial charge < -0.3 is 10.0 Å². The third kappa shape index (κ3) is 4.50. The van der Waals surface area contributed by atoms with E-state index in [2.05, 4.69) is 9.88 Å². The molecule has 3 rings (SSSR count). The fourth-order valence-corrected chi connectivity index (χ4v) is 2.94. The Balaban J connectivity index is 1.53. The summed E-state index contributed by atoms with van der Waals surface area (Å²) in [5, 5.41) is 10.3. The van der Waals surface area contributed by atoms with E-state index in [-0.39, 0.29) is 5.82 Å². The second kappa shape index (κ2) is 7.59. The minimum absolute atomic E-state index is 0.349. The summed E-state index contributed by atoms with van der Waals surface area (Å²) >= 11 is 0. The smallest absolute Gasteiger partial charge is 0.387 e.